The van der Waals surface area contributed by atoms with E-state index in [1.807, 2.05) is 63.9 Å². The van der Waals surface area contributed by atoms with Crippen molar-refractivity contribution in [2.45, 2.75) is 120 Å². The van der Waals surface area contributed by atoms with Crippen molar-refractivity contribution in [1.82, 2.24) is 9.80 Å². The molecule has 1 aromatic rings. The minimum atomic E-state index is -0.471. The third kappa shape index (κ3) is 12.8. The first-order valence-corrected chi connectivity index (χ1v) is 16.4. The number of nitrogens with zero attached hydrogens (tertiary/aromatic N) is 3. The lowest BCUT2D eigenvalue weighted by molar-refractivity contribution is 0.00494. The van der Waals surface area contributed by atoms with Gasteiger partial charge in [0.2, 0.25) is 0 Å². The minimum Gasteiger partial charge on any atom is -0.444 e. The van der Waals surface area contributed by atoms with Crippen LogP contribution in [0, 0.1) is 5.92 Å². The number of carbonyl (C=O) groups is 1. The summed E-state index contributed by atoms with van der Waals surface area (Å²) >= 11 is 5.78. The molecule has 0 radical (unpaired) electrons. The third-order valence-corrected chi connectivity index (χ3v) is 7.34. The molecule has 1 atom stereocenters. The monoisotopic (exact) mass is 599 g/mol. The van der Waals surface area contributed by atoms with E-state index >= 15 is 0 Å². The fourth-order valence-electron chi connectivity index (χ4n) is 4.99. The predicted molar refractivity (Wildman–Crippen MR) is 182 cm³/mol. The molecule has 1 saturated heterocycles. The van der Waals surface area contributed by atoms with E-state index in [-0.39, 0.29) is 12.1 Å². The second-order valence-corrected chi connectivity index (χ2v) is 12.3. The average molecular weight is 600 g/mol. The smallest absolute Gasteiger partial charge is 0.410 e. The molecule has 6 heteroatoms. The summed E-state index contributed by atoms with van der Waals surface area (Å²) in [5.74, 6) is 0.653. The minimum absolute atomic E-state index is 0.0945. The van der Waals surface area contributed by atoms with Gasteiger partial charge in [0, 0.05) is 53.9 Å². The first-order chi connectivity index (χ1) is 19.9. The van der Waals surface area contributed by atoms with Gasteiger partial charge in [0.15, 0.2) is 0 Å². The van der Waals surface area contributed by atoms with E-state index in [9.17, 15) is 4.79 Å². The number of aliphatic imine (C=N–C) groups is 1. The average Bonchev–Trinajstić information content (AvgIpc) is 3.77. The van der Waals surface area contributed by atoms with Crippen molar-refractivity contribution < 1.29 is 9.53 Å². The number of hydrogen-bond acceptors (Lipinski definition) is 4. The molecule has 0 aromatic heterocycles. The number of hydrogen-bond donors (Lipinski definition) is 0. The normalized spacial score (nSPS) is 18.5. The van der Waals surface area contributed by atoms with E-state index in [0.717, 1.165) is 36.7 Å². The van der Waals surface area contributed by atoms with Gasteiger partial charge in [-0.15, -0.1) is 0 Å². The van der Waals surface area contributed by atoms with Crippen LogP contribution in [-0.2, 0) is 11.2 Å². The molecular weight excluding hydrogens is 542 g/mol. The molecule has 236 valence electrons. The zero-order valence-electron chi connectivity index (χ0n) is 28.4. The van der Waals surface area contributed by atoms with Gasteiger partial charge in [0.05, 0.1) is 0 Å². The second-order valence-electron chi connectivity index (χ2n) is 11.8. The SMILES string of the molecule is CC.CCCc1cccc(Cl)c1.C\C=C(C(/C(C)=N/C=C/CC)=C(/C)N1CCN(C(=O)OC(C)(C)C)C(C)C1)\C1CC1. The zero-order chi connectivity index (χ0) is 31.9. The molecule has 1 aliphatic heterocycles. The molecule has 3 rings (SSSR count). The maximum Gasteiger partial charge on any atom is 0.410 e. The van der Waals surface area contributed by atoms with E-state index in [4.69, 9.17) is 21.3 Å². The fourth-order valence-corrected chi connectivity index (χ4v) is 5.20. The summed E-state index contributed by atoms with van der Waals surface area (Å²) in [5.41, 5.74) is 5.88. The molecular formula is C36H58ClN3O2. The molecule has 1 aromatic carbocycles. The Kier molecular flexibility index (Phi) is 16.9. The molecule has 1 heterocycles. The molecule has 0 bridgehead atoms. The van der Waals surface area contributed by atoms with Crippen LogP contribution in [-0.4, -0.2) is 52.9 Å². The van der Waals surface area contributed by atoms with Crippen LogP contribution in [0.4, 0.5) is 4.79 Å². The lowest BCUT2D eigenvalue weighted by atomic mass is 9.94. The number of piperazine rings is 1. The first-order valence-electron chi connectivity index (χ1n) is 16.0. The Morgan fingerprint density at radius 2 is 1.81 bits per heavy atom. The van der Waals surface area contributed by atoms with Gasteiger partial charge in [0.1, 0.15) is 5.60 Å². The summed E-state index contributed by atoms with van der Waals surface area (Å²) in [6.45, 7) is 24.9. The number of rotatable bonds is 8. The molecule has 5 nitrogen and oxygen atoms in total. The van der Waals surface area contributed by atoms with Crippen LogP contribution in [0.15, 0.2) is 64.5 Å². The molecule has 1 amide bonds. The number of benzene rings is 1. The number of amides is 1. The van der Waals surface area contributed by atoms with Crippen LogP contribution in [0.1, 0.15) is 107 Å². The highest BCUT2D eigenvalue weighted by atomic mass is 35.5. The number of aryl methyl sites for hydroxylation is 1. The van der Waals surface area contributed by atoms with Crippen LogP contribution < -0.4 is 0 Å². The number of halogens is 1. The van der Waals surface area contributed by atoms with Gasteiger partial charge in [-0.1, -0.05) is 70.0 Å². The highest BCUT2D eigenvalue weighted by molar-refractivity contribution is 6.30. The molecule has 1 aliphatic carbocycles. The second kappa shape index (κ2) is 18.9. The predicted octanol–water partition coefficient (Wildman–Crippen LogP) is 10.3. The largest absolute Gasteiger partial charge is 0.444 e. The Hall–Kier alpha value is -2.53. The molecule has 2 fully saturated rings. The first kappa shape index (κ1) is 37.5. The number of carbonyl (C=O) groups excluding carboxylic acids is 1. The van der Waals surface area contributed by atoms with Crippen molar-refractivity contribution in [3.63, 3.8) is 0 Å². The molecule has 1 saturated carbocycles. The summed E-state index contributed by atoms with van der Waals surface area (Å²) in [7, 11) is 0. The summed E-state index contributed by atoms with van der Waals surface area (Å²) in [6.07, 6.45) is 11.9. The summed E-state index contributed by atoms with van der Waals surface area (Å²) in [4.78, 5) is 21.6. The molecule has 1 unspecified atom stereocenters. The zero-order valence-corrected chi connectivity index (χ0v) is 29.1. The number of ether oxygens (including phenoxy) is 1. The van der Waals surface area contributed by atoms with Gasteiger partial charge in [0.25, 0.3) is 0 Å². The maximum atomic E-state index is 12.6. The highest BCUT2D eigenvalue weighted by Gasteiger charge is 2.34. The van der Waals surface area contributed by atoms with Gasteiger partial charge >= 0.3 is 6.09 Å². The van der Waals surface area contributed by atoms with Gasteiger partial charge in [-0.25, -0.2) is 4.79 Å². The van der Waals surface area contributed by atoms with Crippen LogP contribution >= 0.6 is 11.6 Å². The Bertz CT molecular complexity index is 1090. The Balaban J connectivity index is 0.000000613. The van der Waals surface area contributed by atoms with Gasteiger partial charge in [-0.3, -0.25) is 4.99 Å². The quantitative estimate of drug-likeness (QED) is 0.220. The van der Waals surface area contributed by atoms with Crippen molar-refractivity contribution in [2.24, 2.45) is 10.9 Å². The van der Waals surface area contributed by atoms with Gasteiger partial charge in [-0.2, -0.15) is 0 Å². The lowest BCUT2D eigenvalue weighted by Gasteiger charge is -2.42. The van der Waals surface area contributed by atoms with E-state index in [1.54, 1.807) is 0 Å². The highest BCUT2D eigenvalue weighted by Crippen LogP contribution is 2.41. The summed E-state index contributed by atoms with van der Waals surface area (Å²) in [6, 6.07) is 8.12. The van der Waals surface area contributed by atoms with E-state index < -0.39 is 5.60 Å². The van der Waals surface area contributed by atoms with Crippen LogP contribution in [0.3, 0.4) is 0 Å². The van der Waals surface area contributed by atoms with E-state index in [2.05, 4.69) is 64.7 Å². The fraction of sp³-hybridized carbons (Fsp3) is 0.611. The van der Waals surface area contributed by atoms with Crippen LogP contribution in [0.25, 0.3) is 0 Å². The van der Waals surface area contributed by atoms with Gasteiger partial charge < -0.3 is 14.5 Å². The van der Waals surface area contributed by atoms with E-state index in [1.165, 1.54) is 41.7 Å². The topological polar surface area (TPSA) is 45.1 Å². The van der Waals surface area contributed by atoms with Crippen molar-refractivity contribution in [3.8, 4) is 0 Å². The Labute approximate surface area is 262 Å². The molecule has 0 spiro atoms. The van der Waals surface area contributed by atoms with Crippen molar-refractivity contribution in [2.75, 3.05) is 19.6 Å². The van der Waals surface area contributed by atoms with Crippen molar-refractivity contribution in [1.29, 1.82) is 0 Å². The summed E-state index contributed by atoms with van der Waals surface area (Å²) < 4.78 is 5.60. The maximum absolute atomic E-state index is 12.6. The van der Waals surface area contributed by atoms with Crippen LogP contribution in [0.5, 0.6) is 0 Å². The van der Waals surface area contributed by atoms with Crippen LogP contribution in [0.2, 0.25) is 5.02 Å². The molecule has 42 heavy (non-hydrogen) atoms. The molecule has 0 N–H and O–H groups in total. The standard InChI is InChI=1S/C25H41N3O2.C9H11Cl.C2H6/c1-9-11-14-26-19(4)23(22(10-2)21-12-13-21)20(5)27-15-16-28(18(3)17-27)24(29)30-25(6,7)8;1-2-4-8-5-3-6-9(10)7-8;1-2/h10-11,14,18,21H,9,12-13,15-17H2,1-8H3;3,5-7H,2,4H2,1H3;1-2H3/b14-11+,22-10-,23-20-,26-19+;;. The Morgan fingerprint density at radius 3 is 2.31 bits per heavy atom. The Morgan fingerprint density at radius 1 is 1.14 bits per heavy atom. The van der Waals surface area contributed by atoms with Crippen molar-refractivity contribution >= 4 is 23.4 Å². The molecule has 2 aliphatic rings. The lowest BCUT2D eigenvalue weighted by Crippen LogP contribution is -2.54. The third-order valence-electron chi connectivity index (χ3n) is 7.11. The van der Waals surface area contributed by atoms with E-state index in [0.29, 0.717) is 12.5 Å². The van der Waals surface area contributed by atoms with Gasteiger partial charge in [-0.05, 0) is 103 Å². The number of allylic oxidation sites excluding steroid dienone is 5. The summed E-state index contributed by atoms with van der Waals surface area (Å²) in [5, 5.41) is 0.839. The van der Waals surface area contributed by atoms with Crippen molar-refractivity contribution in [3.05, 3.63) is 70.0 Å².